The van der Waals surface area contributed by atoms with Crippen molar-refractivity contribution >= 4 is 58.8 Å². The van der Waals surface area contributed by atoms with Crippen molar-refractivity contribution in [1.29, 1.82) is 0 Å². The van der Waals surface area contributed by atoms with Gasteiger partial charge in [0.2, 0.25) is 17.7 Å². The molecule has 23 heteroatoms. The van der Waals surface area contributed by atoms with Gasteiger partial charge >= 0.3 is 17.9 Å². The predicted octanol–water partition coefficient (Wildman–Crippen LogP) is -0.858. The number of carboxylic acids is 3. The zero-order chi connectivity index (χ0) is 48.8. The van der Waals surface area contributed by atoms with Gasteiger partial charge in [0.1, 0.15) is 42.8 Å². The number of aryl methyl sites for hydroxylation is 1. The molecule has 1 aromatic heterocycles. The van der Waals surface area contributed by atoms with Crippen LogP contribution in [-0.4, -0.2) is 154 Å². The van der Waals surface area contributed by atoms with Crippen molar-refractivity contribution in [3.63, 3.8) is 0 Å². The summed E-state index contributed by atoms with van der Waals surface area (Å²) >= 11 is 0. The van der Waals surface area contributed by atoms with Crippen molar-refractivity contribution in [2.45, 2.75) is 161 Å². The Morgan fingerprint density at radius 1 is 0.766 bits per heavy atom. The number of carbonyl (C=O) groups is 10. The number of unbranched alkanes of at least 4 members (excludes halogenated alkanes) is 1. The van der Waals surface area contributed by atoms with Gasteiger partial charge < -0.3 is 56.1 Å². The quantitative estimate of drug-likeness (QED) is 0.0494. The fourth-order valence-corrected chi connectivity index (χ4v) is 6.30. The van der Waals surface area contributed by atoms with E-state index >= 15 is 0 Å². The molecule has 1 fully saturated rings. The Hall–Kier alpha value is -5.52. The number of carbonyl (C=O) groups excluding carboxylic acids is 7. The Balaban J connectivity index is 0.000000669. The highest BCUT2D eigenvalue weighted by molar-refractivity contribution is 5.97. The van der Waals surface area contributed by atoms with Crippen LogP contribution in [0.4, 0.5) is 0 Å². The first kappa shape index (κ1) is 56.5. The number of carboxylic acid groups (broad SMARTS) is 3. The van der Waals surface area contributed by atoms with Crippen LogP contribution in [-0.2, 0) is 65.6 Å². The average molecular weight is 913 g/mol. The van der Waals surface area contributed by atoms with Crippen molar-refractivity contribution in [1.82, 2.24) is 30.9 Å². The van der Waals surface area contributed by atoms with E-state index in [0.717, 1.165) is 25.0 Å². The molecule has 5 unspecified atom stereocenters. The lowest BCUT2D eigenvalue weighted by Gasteiger charge is -2.40. The zero-order valence-corrected chi connectivity index (χ0v) is 37.1. The van der Waals surface area contributed by atoms with Crippen LogP contribution >= 0.6 is 0 Å². The molecular weight excluding hydrogens is 848 g/mol. The monoisotopic (exact) mass is 912 g/mol. The molecule has 3 amide bonds. The Bertz CT molecular complexity index is 1780. The van der Waals surface area contributed by atoms with E-state index in [1.165, 1.54) is 18.5 Å². The van der Waals surface area contributed by atoms with E-state index in [-0.39, 0.29) is 56.2 Å². The molecule has 64 heavy (non-hydrogen) atoms. The molecule has 2 heterocycles. The molecule has 0 bridgehead atoms. The van der Waals surface area contributed by atoms with Crippen molar-refractivity contribution in [3.05, 3.63) is 11.9 Å². The van der Waals surface area contributed by atoms with Gasteiger partial charge in [-0.15, -0.1) is 5.10 Å². The summed E-state index contributed by atoms with van der Waals surface area (Å²) in [6, 6.07) is -2.72. The minimum atomic E-state index is -1.53. The summed E-state index contributed by atoms with van der Waals surface area (Å²) in [4.78, 5) is 119. The number of rotatable bonds is 28. The standard InChI is InChI=1S/C24H36N2O11.C17H28N4O6/c1-12(2)15(24(37)26-17(11-22(34)35)18(28)7-5-14(4)27)10-19(29)16(6-8-20(30)31)25-23(36)13(3)9-21(32)33;1-3-5-6-10-8-21(20-19-10)9-13(23)18-7-12-14(24)15(25)16(26)17(27-12)11(22)4-2/h12-13,15-17H,5-11H2,1-4H3,(H,25,36)(H,26,37)(H,30,31)(H,32,33)(H,34,35);8,12,14-17,24-26H,3-7,9H2,1-2H3,(H,18,23)/t13-,15-,16-,17-;/m0./s1. The first-order valence-electron chi connectivity index (χ1n) is 21.1. The largest absolute Gasteiger partial charge is 0.481 e. The highest BCUT2D eigenvalue weighted by Crippen LogP contribution is 2.23. The fourth-order valence-electron chi connectivity index (χ4n) is 6.30. The summed E-state index contributed by atoms with van der Waals surface area (Å²) in [7, 11) is 0. The van der Waals surface area contributed by atoms with Gasteiger partial charge in [0.15, 0.2) is 17.3 Å². The Labute approximate surface area is 370 Å². The molecular formula is C41H64N6O17. The van der Waals surface area contributed by atoms with Crippen LogP contribution in [0.3, 0.4) is 0 Å². The van der Waals surface area contributed by atoms with Crippen LogP contribution in [0.5, 0.6) is 0 Å². The lowest BCUT2D eigenvalue weighted by atomic mass is 9.86. The van der Waals surface area contributed by atoms with E-state index in [1.807, 2.05) is 0 Å². The maximum atomic E-state index is 13.0. The molecule has 2 rings (SSSR count). The summed E-state index contributed by atoms with van der Waals surface area (Å²) < 4.78 is 6.84. The summed E-state index contributed by atoms with van der Waals surface area (Å²) in [5, 5.41) is 72.1. The van der Waals surface area contributed by atoms with Gasteiger partial charge in [-0.3, -0.25) is 43.2 Å². The van der Waals surface area contributed by atoms with Crippen molar-refractivity contribution < 1.29 is 83.3 Å². The number of aromatic nitrogens is 3. The number of hydrogen-bond acceptors (Lipinski definition) is 16. The van der Waals surface area contributed by atoms with Crippen LogP contribution in [0.15, 0.2) is 6.20 Å². The van der Waals surface area contributed by atoms with Gasteiger partial charge in [-0.25, -0.2) is 4.68 Å². The molecule has 1 saturated heterocycles. The van der Waals surface area contributed by atoms with Crippen LogP contribution in [0.25, 0.3) is 0 Å². The third-order valence-electron chi connectivity index (χ3n) is 10.2. The van der Waals surface area contributed by atoms with E-state index in [0.29, 0.717) is 0 Å². The Morgan fingerprint density at radius 2 is 1.39 bits per heavy atom. The van der Waals surface area contributed by atoms with Gasteiger partial charge in [-0.2, -0.15) is 0 Å². The van der Waals surface area contributed by atoms with Crippen molar-refractivity contribution in [2.24, 2.45) is 17.8 Å². The van der Waals surface area contributed by atoms with Crippen molar-refractivity contribution in [3.8, 4) is 0 Å². The van der Waals surface area contributed by atoms with Gasteiger partial charge in [0.25, 0.3) is 0 Å². The Kier molecular flexibility index (Phi) is 25.0. The predicted molar refractivity (Wildman–Crippen MR) is 221 cm³/mol. The molecule has 1 aromatic rings. The summed E-state index contributed by atoms with van der Waals surface area (Å²) in [5.74, 6) is -10.3. The molecule has 9 atom stereocenters. The minimum absolute atomic E-state index is 0.0512. The van der Waals surface area contributed by atoms with Crippen molar-refractivity contribution in [2.75, 3.05) is 6.54 Å². The van der Waals surface area contributed by atoms with Gasteiger partial charge in [-0.1, -0.05) is 46.3 Å². The third-order valence-corrected chi connectivity index (χ3v) is 10.2. The van der Waals surface area contributed by atoms with Gasteiger partial charge in [0.05, 0.1) is 30.6 Å². The summed E-state index contributed by atoms with van der Waals surface area (Å²) in [5.41, 5.74) is 0.814. The molecule has 0 radical (unpaired) electrons. The highest BCUT2D eigenvalue weighted by Gasteiger charge is 2.46. The van der Waals surface area contributed by atoms with E-state index in [2.05, 4.69) is 33.2 Å². The molecule has 360 valence electrons. The molecule has 1 aliphatic rings. The zero-order valence-electron chi connectivity index (χ0n) is 37.1. The number of Topliss-reactive ketones (excluding diaryl/α,β-unsaturated/α-hetero) is 4. The average Bonchev–Trinajstić information content (AvgIpc) is 3.66. The maximum Gasteiger partial charge on any atom is 0.305 e. The molecule has 0 spiro atoms. The number of ketones is 4. The first-order valence-corrected chi connectivity index (χ1v) is 21.1. The van der Waals surface area contributed by atoms with Gasteiger partial charge in [0, 0.05) is 56.7 Å². The third kappa shape index (κ3) is 20.3. The van der Waals surface area contributed by atoms with Crippen LogP contribution in [0, 0.1) is 17.8 Å². The lowest BCUT2D eigenvalue weighted by molar-refractivity contribution is -0.218. The van der Waals surface area contributed by atoms with Crippen LogP contribution in [0.2, 0.25) is 0 Å². The minimum Gasteiger partial charge on any atom is -0.481 e. The molecule has 9 N–H and O–H groups in total. The number of aliphatic carboxylic acids is 3. The fraction of sp³-hybridized carbons (Fsp3) is 0.707. The number of nitrogens with zero attached hydrogens (tertiary/aromatic N) is 3. The molecule has 0 saturated carbocycles. The SMILES string of the molecule is CC(=O)CCC(=O)[C@H](CC(=O)O)NC(=O)[C@@H](CC(=O)[C@H](CCC(=O)O)NC(=O)[C@@H](C)CC(=O)O)C(C)C.CCCCc1cn(CC(=O)NCC2OC(C(=O)CC)C(O)C(O)C2O)nn1. The number of hydrogen-bond donors (Lipinski definition) is 9. The van der Waals surface area contributed by atoms with Gasteiger partial charge in [-0.05, 0) is 32.1 Å². The number of aliphatic hydroxyl groups is 3. The van der Waals surface area contributed by atoms with E-state index in [1.54, 1.807) is 27.0 Å². The topological polar surface area (TPSA) is 368 Å². The summed E-state index contributed by atoms with van der Waals surface area (Å²) in [6.07, 6.45) is -4.89. The van der Waals surface area contributed by atoms with Crippen LogP contribution < -0.4 is 16.0 Å². The maximum absolute atomic E-state index is 13.0. The molecule has 1 aliphatic heterocycles. The van der Waals surface area contributed by atoms with E-state index in [4.69, 9.17) is 20.1 Å². The number of ether oxygens (including phenoxy) is 1. The molecule has 0 aliphatic carbocycles. The lowest BCUT2D eigenvalue weighted by Crippen LogP contribution is -2.61. The second-order valence-corrected chi connectivity index (χ2v) is 16.0. The molecule has 0 aromatic carbocycles. The second-order valence-electron chi connectivity index (χ2n) is 16.0. The van der Waals surface area contributed by atoms with Crippen LogP contribution in [0.1, 0.15) is 111 Å². The number of amides is 3. The second kappa shape index (κ2) is 28.3. The molecule has 23 nitrogen and oxygen atoms in total. The Morgan fingerprint density at radius 3 is 1.94 bits per heavy atom. The number of aliphatic hydroxyl groups excluding tert-OH is 3. The summed E-state index contributed by atoms with van der Waals surface area (Å²) in [6.45, 7) is 9.34. The first-order chi connectivity index (χ1) is 29.9. The van der Waals surface area contributed by atoms with E-state index in [9.17, 15) is 63.3 Å². The normalized spacial score (nSPS) is 20.0. The highest BCUT2D eigenvalue weighted by atomic mass is 16.5. The smallest absolute Gasteiger partial charge is 0.305 e. The van der Waals surface area contributed by atoms with E-state index < -0.39 is 127 Å². The number of nitrogens with one attached hydrogen (secondary N) is 3.